The van der Waals surface area contributed by atoms with Crippen LogP contribution in [0, 0.1) is 13.8 Å². The molecule has 0 spiro atoms. The zero-order chi connectivity index (χ0) is 18.7. The van der Waals surface area contributed by atoms with E-state index in [4.69, 9.17) is 0 Å². The molecule has 2 aromatic heterocycles. The number of rotatable bonds is 7. The Balaban J connectivity index is 2.01. The number of hydrogen-bond donors (Lipinski definition) is 1. The van der Waals surface area contributed by atoms with Crippen LogP contribution in [0.15, 0.2) is 11.1 Å². The summed E-state index contributed by atoms with van der Waals surface area (Å²) in [5.74, 6) is -0.166. The van der Waals surface area contributed by atoms with E-state index in [1.165, 1.54) is 22.2 Å². The predicted molar refractivity (Wildman–Crippen MR) is 103 cm³/mol. The van der Waals surface area contributed by atoms with Crippen molar-refractivity contribution < 1.29 is 4.79 Å². The van der Waals surface area contributed by atoms with Crippen LogP contribution in [0.2, 0.25) is 0 Å². The van der Waals surface area contributed by atoms with Crippen LogP contribution < -0.4 is 10.9 Å². The first-order chi connectivity index (χ1) is 11.7. The fourth-order valence-corrected chi connectivity index (χ4v) is 4.02. The number of carbonyl (C=O) groups excluding carboxylic acids is 1. The summed E-state index contributed by atoms with van der Waals surface area (Å²) in [6.45, 7) is 13.8. The minimum Gasteiger partial charge on any atom is -0.353 e. The van der Waals surface area contributed by atoms with Crippen molar-refractivity contribution in [1.82, 2.24) is 19.8 Å². The second-order valence-corrected chi connectivity index (χ2v) is 8.12. The Bertz CT molecular complexity index is 799. The Morgan fingerprint density at radius 2 is 1.92 bits per heavy atom. The van der Waals surface area contributed by atoms with Gasteiger partial charge in [0.25, 0.3) is 5.56 Å². The van der Waals surface area contributed by atoms with E-state index in [1.54, 1.807) is 0 Å². The molecule has 0 aromatic carbocycles. The number of thiophene rings is 1. The minimum absolute atomic E-state index is 0.000531. The van der Waals surface area contributed by atoms with Crippen LogP contribution >= 0.6 is 11.3 Å². The van der Waals surface area contributed by atoms with Crippen LogP contribution in [-0.4, -0.2) is 45.5 Å². The van der Waals surface area contributed by atoms with Gasteiger partial charge in [-0.3, -0.25) is 19.1 Å². The van der Waals surface area contributed by atoms with Gasteiger partial charge in [0.15, 0.2) is 0 Å². The molecule has 2 heterocycles. The molecule has 0 saturated carbocycles. The van der Waals surface area contributed by atoms with Gasteiger partial charge in [0.1, 0.15) is 11.4 Å². The van der Waals surface area contributed by atoms with E-state index in [1.807, 2.05) is 13.8 Å². The first-order valence-corrected chi connectivity index (χ1v) is 9.51. The molecule has 0 aliphatic heterocycles. The molecule has 2 rings (SSSR count). The maximum atomic E-state index is 12.6. The zero-order valence-corrected chi connectivity index (χ0v) is 16.7. The van der Waals surface area contributed by atoms with Crippen molar-refractivity contribution in [2.75, 3.05) is 13.1 Å². The SMILES string of the molecule is Cc1sc2ncn(CC(=O)NCCN(C(C)C)C(C)C)c(=O)c2c1C. The molecule has 0 bridgehead atoms. The third-order valence-corrected chi connectivity index (χ3v) is 5.60. The molecule has 0 aliphatic rings. The van der Waals surface area contributed by atoms with E-state index in [2.05, 4.69) is 42.9 Å². The summed E-state index contributed by atoms with van der Waals surface area (Å²) in [4.78, 5) is 33.3. The van der Waals surface area contributed by atoms with Crippen molar-refractivity contribution in [1.29, 1.82) is 0 Å². The molecule has 0 atom stereocenters. The second kappa shape index (κ2) is 8.10. The number of carbonyl (C=O) groups is 1. The van der Waals surface area contributed by atoms with E-state index < -0.39 is 0 Å². The average Bonchev–Trinajstić information content (AvgIpc) is 2.81. The average molecular weight is 365 g/mol. The molecule has 1 amide bonds. The fraction of sp³-hybridized carbons (Fsp3) is 0.611. The van der Waals surface area contributed by atoms with Gasteiger partial charge in [-0.15, -0.1) is 11.3 Å². The summed E-state index contributed by atoms with van der Waals surface area (Å²) < 4.78 is 1.39. The number of aryl methyl sites for hydroxylation is 2. The summed E-state index contributed by atoms with van der Waals surface area (Å²) >= 11 is 1.51. The summed E-state index contributed by atoms with van der Waals surface area (Å²) in [5.41, 5.74) is 0.810. The molecular weight excluding hydrogens is 336 g/mol. The maximum absolute atomic E-state index is 12.6. The van der Waals surface area contributed by atoms with Crippen LogP contribution in [-0.2, 0) is 11.3 Å². The van der Waals surface area contributed by atoms with Gasteiger partial charge in [0.2, 0.25) is 5.91 Å². The van der Waals surface area contributed by atoms with Crippen molar-refractivity contribution in [3.8, 4) is 0 Å². The highest BCUT2D eigenvalue weighted by molar-refractivity contribution is 7.18. The zero-order valence-electron chi connectivity index (χ0n) is 15.9. The summed E-state index contributed by atoms with van der Waals surface area (Å²) in [5, 5.41) is 3.53. The molecule has 0 saturated heterocycles. The van der Waals surface area contributed by atoms with E-state index in [0.717, 1.165) is 21.8 Å². The van der Waals surface area contributed by atoms with E-state index in [9.17, 15) is 9.59 Å². The quantitative estimate of drug-likeness (QED) is 0.819. The number of amides is 1. The minimum atomic E-state index is -0.166. The highest BCUT2D eigenvalue weighted by Crippen LogP contribution is 2.25. The van der Waals surface area contributed by atoms with Gasteiger partial charge in [-0.25, -0.2) is 4.98 Å². The molecular formula is C18H28N4O2S. The molecule has 0 aliphatic carbocycles. The standard InChI is InChI=1S/C18H28N4O2S/c1-11(2)22(12(3)4)8-7-19-15(23)9-21-10-20-17-16(18(21)24)13(5)14(6)25-17/h10-12H,7-9H2,1-6H3,(H,19,23). The highest BCUT2D eigenvalue weighted by Gasteiger charge is 2.15. The molecule has 25 heavy (non-hydrogen) atoms. The number of fused-ring (bicyclic) bond motifs is 1. The smallest absolute Gasteiger partial charge is 0.262 e. The van der Waals surface area contributed by atoms with Gasteiger partial charge in [-0.05, 0) is 47.1 Å². The lowest BCUT2D eigenvalue weighted by Crippen LogP contribution is -2.43. The lowest BCUT2D eigenvalue weighted by Gasteiger charge is -2.30. The molecule has 2 aromatic rings. The van der Waals surface area contributed by atoms with E-state index >= 15 is 0 Å². The topological polar surface area (TPSA) is 67.2 Å². The predicted octanol–water partition coefficient (Wildman–Crippen LogP) is 2.31. The van der Waals surface area contributed by atoms with Gasteiger partial charge in [0, 0.05) is 30.1 Å². The highest BCUT2D eigenvalue weighted by atomic mass is 32.1. The van der Waals surface area contributed by atoms with Crippen LogP contribution in [0.25, 0.3) is 10.2 Å². The van der Waals surface area contributed by atoms with Crippen molar-refractivity contribution in [2.45, 2.75) is 60.2 Å². The summed E-state index contributed by atoms with van der Waals surface area (Å²) in [7, 11) is 0. The van der Waals surface area contributed by atoms with Crippen molar-refractivity contribution in [3.63, 3.8) is 0 Å². The van der Waals surface area contributed by atoms with Gasteiger partial charge < -0.3 is 5.32 Å². The Labute approximate surface area is 152 Å². The van der Waals surface area contributed by atoms with Gasteiger partial charge in [0.05, 0.1) is 11.7 Å². The molecule has 6 nitrogen and oxygen atoms in total. The molecule has 0 unspecified atom stereocenters. The van der Waals surface area contributed by atoms with Crippen LogP contribution in [0.5, 0.6) is 0 Å². The number of aromatic nitrogens is 2. The normalized spacial score (nSPS) is 11.9. The molecule has 0 fully saturated rings. The van der Waals surface area contributed by atoms with Gasteiger partial charge in [-0.2, -0.15) is 0 Å². The number of hydrogen-bond acceptors (Lipinski definition) is 5. The van der Waals surface area contributed by atoms with E-state index in [0.29, 0.717) is 24.0 Å². The van der Waals surface area contributed by atoms with Gasteiger partial charge >= 0.3 is 0 Å². The lowest BCUT2D eigenvalue weighted by molar-refractivity contribution is -0.121. The first-order valence-electron chi connectivity index (χ1n) is 8.70. The third kappa shape index (κ3) is 4.46. The van der Waals surface area contributed by atoms with Crippen molar-refractivity contribution >= 4 is 27.5 Å². The van der Waals surface area contributed by atoms with Crippen molar-refractivity contribution in [2.24, 2.45) is 0 Å². The molecule has 7 heteroatoms. The van der Waals surface area contributed by atoms with Crippen LogP contribution in [0.4, 0.5) is 0 Å². The first kappa shape index (κ1) is 19.6. The van der Waals surface area contributed by atoms with Crippen LogP contribution in [0.3, 0.4) is 0 Å². The number of nitrogens with zero attached hydrogens (tertiary/aromatic N) is 3. The molecule has 1 N–H and O–H groups in total. The van der Waals surface area contributed by atoms with Gasteiger partial charge in [-0.1, -0.05) is 0 Å². The Morgan fingerprint density at radius 1 is 1.28 bits per heavy atom. The molecule has 0 radical (unpaired) electrons. The Morgan fingerprint density at radius 3 is 2.52 bits per heavy atom. The Hall–Kier alpha value is -1.73. The van der Waals surface area contributed by atoms with Crippen molar-refractivity contribution in [3.05, 3.63) is 27.1 Å². The van der Waals surface area contributed by atoms with E-state index in [-0.39, 0.29) is 18.0 Å². The second-order valence-electron chi connectivity index (χ2n) is 6.92. The monoisotopic (exact) mass is 364 g/mol. The lowest BCUT2D eigenvalue weighted by atomic mass is 10.2. The molecule has 138 valence electrons. The fourth-order valence-electron chi connectivity index (χ4n) is 3.03. The maximum Gasteiger partial charge on any atom is 0.262 e. The number of nitrogens with one attached hydrogen (secondary N) is 1. The summed E-state index contributed by atoms with van der Waals surface area (Å²) in [6, 6.07) is 0.854. The third-order valence-electron chi connectivity index (χ3n) is 4.49. The summed E-state index contributed by atoms with van der Waals surface area (Å²) in [6.07, 6.45) is 1.47. The van der Waals surface area contributed by atoms with Crippen LogP contribution in [0.1, 0.15) is 38.1 Å². The largest absolute Gasteiger partial charge is 0.353 e. The Kier molecular flexibility index (Phi) is 6.35.